The van der Waals surface area contributed by atoms with E-state index in [1.165, 1.54) is 13.8 Å². The van der Waals surface area contributed by atoms with Crippen molar-refractivity contribution in [1.29, 1.82) is 0 Å². The van der Waals surface area contributed by atoms with Gasteiger partial charge in [0.15, 0.2) is 0 Å². The van der Waals surface area contributed by atoms with E-state index in [1.807, 2.05) is 16.7 Å². The number of ketones is 2. The fourth-order valence-corrected chi connectivity index (χ4v) is 5.48. The molecule has 1 heterocycles. The van der Waals surface area contributed by atoms with Gasteiger partial charge in [0.1, 0.15) is 11.4 Å². The molecule has 0 N–H and O–H groups in total. The number of carbonyl (C=O) groups is 4. The van der Waals surface area contributed by atoms with Crippen LogP contribution in [0, 0.1) is 0 Å². The molecule has 0 saturated heterocycles. The highest BCUT2D eigenvalue weighted by Crippen LogP contribution is 2.29. The quantitative estimate of drug-likeness (QED) is 0.0458. The summed E-state index contributed by atoms with van der Waals surface area (Å²) in [5.41, 5.74) is 2.13. The second-order valence-corrected chi connectivity index (χ2v) is 12.5. The lowest BCUT2D eigenvalue weighted by Crippen LogP contribution is -2.17. The van der Waals surface area contributed by atoms with E-state index in [0.717, 1.165) is 38.5 Å². The smallest absolute Gasteiger partial charge is 0.318 e. The Morgan fingerprint density at radius 3 is 1.78 bits per heavy atom. The molecule has 3 rings (SSSR count). The summed E-state index contributed by atoms with van der Waals surface area (Å²) in [6, 6.07) is 12.2. The lowest BCUT2D eigenvalue weighted by Gasteiger charge is -2.08. The third-order valence-electron chi connectivity index (χ3n) is 7.39. The van der Waals surface area contributed by atoms with Gasteiger partial charge in [0.25, 0.3) is 0 Å². The zero-order valence-electron chi connectivity index (χ0n) is 27.3. The molecular formula is C35H43N3O7S. The maximum atomic E-state index is 14.1. The number of fused-ring (bicyclic) bond motifs is 1. The van der Waals surface area contributed by atoms with Gasteiger partial charge in [0, 0.05) is 64.2 Å². The lowest BCUT2D eigenvalue weighted by atomic mass is 9.97. The van der Waals surface area contributed by atoms with Crippen LogP contribution in [0.5, 0.6) is 0 Å². The summed E-state index contributed by atoms with van der Waals surface area (Å²) >= 11 is 0. The third kappa shape index (κ3) is 10.1. The van der Waals surface area contributed by atoms with E-state index < -0.39 is 34.3 Å². The van der Waals surface area contributed by atoms with Crippen molar-refractivity contribution in [3.63, 3.8) is 0 Å². The monoisotopic (exact) mass is 649 g/mol. The predicted octanol–water partition coefficient (Wildman–Crippen LogP) is 7.51. The molecular weight excluding hydrogens is 606 g/mol. The Morgan fingerprint density at radius 2 is 1.28 bits per heavy atom. The molecule has 1 aromatic heterocycles. The Morgan fingerprint density at radius 1 is 0.739 bits per heavy atom. The Hall–Kier alpha value is -4.25. The summed E-state index contributed by atoms with van der Waals surface area (Å²) in [6.45, 7) is 6.62. The number of Topliss-reactive ketones (excluding diaryl/α,β-unsaturated/α-hetero) is 2. The van der Waals surface area contributed by atoms with Crippen LogP contribution in [0.15, 0.2) is 63.9 Å². The minimum absolute atomic E-state index is 0.104. The van der Waals surface area contributed by atoms with E-state index >= 15 is 0 Å². The number of carbonyl (C=O) groups excluding carboxylic acids is 4. The molecule has 11 heteroatoms. The zero-order chi connectivity index (χ0) is 33.6. The van der Waals surface area contributed by atoms with Crippen LogP contribution in [-0.4, -0.2) is 50.0 Å². The molecule has 1 atom stereocenters. The summed E-state index contributed by atoms with van der Waals surface area (Å²) in [5, 5.41) is 8.30. The van der Waals surface area contributed by atoms with Crippen molar-refractivity contribution in [3.05, 3.63) is 59.8 Å². The molecule has 3 aromatic rings. The highest BCUT2D eigenvalue weighted by molar-refractivity contribution is 7.84. The van der Waals surface area contributed by atoms with Crippen LogP contribution < -0.4 is 0 Å². The topological polar surface area (TPSA) is 133 Å². The van der Waals surface area contributed by atoms with Gasteiger partial charge >= 0.3 is 11.9 Å². The van der Waals surface area contributed by atoms with Crippen molar-refractivity contribution in [1.82, 2.24) is 4.57 Å². The Bertz CT molecular complexity index is 1640. The van der Waals surface area contributed by atoms with E-state index in [4.69, 9.17) is 9.68 Å². The molecule has 0 saturated carbocycles. The number of hydrogen-bond acceptors (Lipinski definition) is 9. The first-order chi connectivity index (χ1) is 22.1. The van der Waals surface area contributed by atoms with Crippen LogP contribution in [0.4, 0.5) is 0 Å². The van der Waals surface area contributed by atoms with Gasteiger partial charge in [-0.2, -0.15) is 0 Å². The predicted molar refractivity (Wildman–Crippen MR) is 180 cm³/mol. The van der Waals surface area contributed by atoms with Crippen LogP contribution >= 0.6 is 0 Å². The van der Waals surface area contributed by atoms with E-state index in [1.54, 1.807) is 42.8 Å². The Labute approximate surface area is 272 Å². The number of benzene rings is 2. The molecule has 0 bridgehead atoms. The minimum Gasteiger partial charge on any atom is -0.318 e. The van der Waals surface area contributed by atoms with E-state index in [9.17, 15) is 23.4 Å². The lowest BCUT2D eigenvalue weighted by molar-refractivity contribution is -0.141. The highest BCUT2D eigenvalue weighted by atomic mass is 32.2. The standard InChI is InChI=1S/C35H43N3O7S/c1-6-8-10-12-14-31(36-44-24(3)39)34(41)26-16-21-33-29(22-26)30(23-38(33)27-17-19-28(20-18-27)46(5)43)35(42)32(37-45-25(4)40)15-13-11-9-7-2/h16-23H,6-15H2,1-5H3/b36-31+,37-32+. The second kappa shape index (κ2) is 18.0. The number of hydrogen-bond donors (Lipinski definition) is 0. The van der Waals surface area contributed by atoms with Crippen LogP contribution in [-0.2, 0) is 30.1 Å². The van der Waals surface area contributed by atoms with E-state index in [-0.39, 0.29) is 22.6 Å². The molecule has 0 aliphatic carbocycles. The van der Waals surface area contributed by atoms with Gasteiger partial charge in [0.2, 0.25) is 11.6 Å². The second-order valence-electron chi connectivity index (χ2n) is 11.1. The van der Waals surface area contributed by atoms with Gasteiger partial charge < -0.3 is 14.2 Å². The van der Waals surface area contributed by atoms with Crippen LogP contribution in [0.25, 0.3) is 16.6 Å². The molecule has 0 spiro atoms. The fraction of sp³-hybridized carbons (Fsp3) is 0.429. The molecule has 10 nitrogen and oxygen atoms in total. The van der Waals surface area contributed by atoms with E-state index in [2.05, 4.69) is 24.2 Å². The maximum Gasteiger partial charge on any atom is 0.331 e. The average molecular weight is 650 g/mol. The van der Waals surface area contributed by atoms with Crippen molar-refractivity contribution in [3.8, 4) is 5.69 Å². The van der Waals surface area contributed by atoms with Gasteiger partial charge in [-0.25, -0.2) is 9.59 Å². The number of rotatable bonds is 18. The minimum atomic E-state index is -1.16. The summed E-state index contributed by atoms with van der Waals surface area (Å²) < 4.78 is 13.8. The van der Waals surface area contributed by atoms with Crippen LogP contribution in [0.2, 0.25) is 0 Å². The molecule has 1 unspecified atom stereocenters. The number of aromatic nitrogens is 1. The van der Waals surface area contributed by atoms with Gasteiger partial charge in [-0.15, -0.1) is 0 Å². The van der Waals surface area contributed by atoms with Crippen molar-refractivity contribution < 1.29 is 33.1 Å². The average Bonchev–Trinajstić information content (AvgIpc) is 3.42. The SMILES string of the molecule is CCCCCC/C(=N\OC(C)=O)C(=O)c1ccc2c(c1)c(C(=O)/C(CCCCCC)=N/OC(C)=O)cn2-c1ccc(S(C)=O)cc1. The maximum absolute atomic E-state index is 14.1. The van der Waals surface area contributed by atoms with Gasteiger partial charge in [-0.1, -0.05) is 62.7 Å². The van der Waals surface area contributed by atoms with E-state index in [0.29, 0.717) is 47.2 Å². The Kier molecular flexibility index (Phi) is 14.2. The summed E-state index contributed by atoms with van der Waals surface area (Å²) in [6.07, 6.45) is 11.1. The summed E-state index contributed by atoms with van der Waals surface area (Å²) in [7, 11) is -1.16. The summed E-state index contributed by atoms with van der Waals surface area (Å²) in [4.78, 5) is 61.3. The molecule has 0 aliphatic heterocycles. The number of oxime groups is 2. The highest BCUT2D eigenvalue weighted by Gasteiger charge is 2.24. The molecule has 0 aliphatic rings. The Balaban J connectivity index is 2.15. The molecule has 0 fully saturated rings. The number of nitrogens with zero attached hydrogens (tertiary/aromatic N) is 3. The van der Waals surface area contributed by atoms with Gasteiger partial charge in [-0.3, -0.25) is 13.8 Å². The third-order valence-corrected chi connectivity index (χ3v) is 8.32. The molecule has 46 heavy (non-hydrogen) atoms. The van der Waals surface area contributed by atoms with Crippen LogP contribution in [0.3, 0.4) is 0 Å². The van der Waals surface area contributed by atoms with Crippen molar-refractivity contribution >= 4 is 56.6 Å². The van der Waals surface area contributed by atoms with Crippen molar-refractivity contribution in [2.45, 2.75) is 96.8 Å². The summed E-state index contributed by atoms with van der Waals surface area (Å²) in [5.74, 6) is -2.10. The van der Waals surface area contributed by atoms with Crippen LogP contribution in [0.1, 0.15) is 113 Å². The van der Waals surface area contributed by atoms with Gasteiger partial charge in [-0.05, 0) is 68.1 Å². The van der Waals surface area contributed by atoms with Gasteiger partial charge in [0.05, 0.1) is 5.52 Å². The van der Waals surface area contributed by atoms with Crippen molar-refractivity contribution in [2.24, 2.45) is 10.3 Å². The first-order valence-corrected chi connectivity index (χ1v) is 17.3. The first kappa shape index (κ1) is 36.2. The molecule has 0 amide bonds. The molecule has 246 valence electrons. The normalized spacial score (nSPS) is 12.6. The van der Waals surface area contributed by atoms with Crippen molar-refractivity contribution in [2.75, 3.05) is 6.26 Å². The first-order valence-electron chi connectivity index (χ1n) is 15.7. The molecule has 2 aromatic carbocycles. The number of unbranched alkanes of at least 4 members (excludes halogenated alkanes) is 6. The largest absolute Gasteiger partial charge is 0.331 e. The zero-order valence-corrected chi connectivity index (χ0v) is 28.1. The molecule has 0 radical (unpaired) electrons. The fourth-order valence-electron chi connectivity index (χ4n) is 4.96.